The van der Waals surface area contributed by atoms with Crippen LogP contribution in [0.15, 0.2) is 85.3 Å². The van der Waals surface area contributed by atoms with Crippen LogP contribution in [-0.4, -0.2) is 63.9 Å². The highest BCUT2D eigenvalue weighted by atomic mass is 16.2. The fourth-order valence-corrected chi connectivity index (χ4v) is 4.56. The van der Waals surface area contributed by atoms with Crippen LogP contribution in [0.5, 0.6) is 0 Å². The highest BCUT2D eigenvalue weighted by Crippen LogP contribution is 2.29. The van der Waals surface area contributed by atoms with Gasteiger partial charge in [-0.15, -0.1) is 0 Å². The number of carbonyl (C=O) groups is 1. The van der Waals surface area contributed by atoms with E-state index in [0.717, 1.165) is 60.1 Å². The standard InChI is InChI=1S/C29H32N8O/c1-21(38)37(25-9-5-22(6-10-25)28(30)36-18-16-35(2)17-19-36)26-11-7-24(8-12-26)33-29-32-15-13-27(34-29)23-4-3-14-31-20-23/h3-15,20,28H,16-19,30H2,1-2H3,(H,32,33,34). The van der Waals surface area contributed by atoms with Crippen molar-refractivity contribution in [1.29, 1.82) is 0 Å². The maximum Gasteiger partial charge on any atom is 0.228 e. The second-order valence-electron chi connectivity index (χ2n) is 9.41. The molecule has 5 rings (SSSR count). The number of carbonyl (C=O) groups excluding carboxylic acids is 1. The van der Waals surface area contributed by atoms with E-state index in [2.05, 4.69) is 37.1 Å². The van der Waals surface area contributed by atoms with Crippen LogP contribution in [0, 0.1) is 0 Å². The number of likely N-dealkylation sites (N-methyl/N-ethyl adjacent to an activating group) is 1. The number of benzene rings is 2. The molecule has 194 valence electrons. The molecule has 0 saturated carbocycles. The first kappa shape index (κ1) is 25.5. The molecule has 2 aromatic carbocycles. The van der Waals surface area contributed by atoms with Gasteiger partial charge >= 0.3 is 0 Å². The molecular weight excluding hydrogens is 476 g/mol. The minimum absolute atomic E-state index is 0.0747. The molecule has 1 amide bonds. The summed E-state index contributed by atoms with van der Waals surface area (Å²) < 4.78 is 0. The molecule has 0 bridgehead atoms. The lowest BCUT2D eigenvalue weighted by molar-refractivity contribution is -0.115. The van der Waals surface area contributed by atoms with Gasteiger partial charge in [0.15, 0.2) is 0 Å². The molecule has 3 heterocycles. The van der Waals surface area contributed by atoms with Crippen LogP contribution in [0.3, 0.4) is 0 Å². The van der Waals surface area contributed by atoms with E-state index >= 15 is 0 Å². The lowest BCUT2D eigenvalue weighted by Gasteiger charge is -2.36. The molecule has 0 radical (unpaired) electrons. The maximum absolute atomic E-state index is 12.6. The van der Waals surface area contributed by atoms with E-state index < -0.39 is 0 Å². The Morgan fingerprint density at radius 2 is 1.63 bits per heavy atom. The SMILES string of the molecule is CC(=O)N(c1ccc(Nc2nccc(-c3cccnc3)n2)cc1)c1ccc(C(N)N2CCN(C)CC2)cc1. The highest BCUT2D eigenvalue weighted by Gasteiger charge is 2.21. The van der Waals surface area contributed by atoms with Gasteiger partial charge in [-0.1, -0.05) is 12.1 Å². The fraction of sp³-hybridized carbons (Fsp3) is 0.241. The van der Waals surface area contributed by atoms with Crippen LogP contribution < -0.4 is 16.0 Å². The third-order valence-electron chi connectivity index (χ3n) is 6.73. The average Bonchev–Trinajstić information content (AvgIpc) is 2.95. The largest absolute Gasteiger partial charge is 0.324 e. The third kappa shape index (κ3) is 5.86. The zero-order valence-electron chi connectivity index (χ0n) is 21.7. The lowest BCUT2D eigenvalue weighted by Crippen LogP contribution is -2.48. The van der Waals surface area contributed by atoms with Gasteiger partial charge in [0.25, 0.3) is 0 Å². The molecule has 3 N–H and O–H groups in total. The molecule has 1 fully saturated rings. The smallest absolute Gasteiger partial charge is 0.228 e. The Kier molecular flexibility index (Phi) is 7.69. The van der Waals surface area contributed by atoms with Crippen molar-refractivity contribution in [2.75, 3.05) is 43.4 Å². The number of piperazine rings is 1. The van der Waals surface area contributed by atoms with Crippen LogP contribution >= 0.6 is 0 Å². The first-order valence-electron chi connectivity index (χ1n) is 12.7. The fourth-order valence-electron chi connectivity index (χ4n) is 4.56. The highest BCUT2D eigenvalue weighted by molar-refractivity contribution is 5.99. The van der Waals surface area contributed by atoms with Crippen molar-refractivity contribution in [3.63, 3.8) is 0 Å². The number of anilines is 4. The predicted octanol–water partition coefficient (Wildman–Crippen LogP) is 4.17. The van der Waals surface area contributed by atoms with Crippen molar-refractivity contribution in [3.05, 3.63) is 90.9 Å². The Morgan fingerprint density at radius 3 is 2.26 bits per heavy atom. The van der Waals surface area contributed by atoms with Gasteiger partial charge in [-0.2, -0.15) is 0 Å². The van der Waals surface area contributed by atoms with Crippen molar-refractivity contribution in [2.45, 2.75) is 13.1 Å². The first-order valence-corrected chi connectivity index (χ1v) is 12.7. The van der Waals surface area contributed by atoms with E-state index in [0.29, 0.717) is 5.95 Å². The molecule has 9 heteroatoms. The van der Waals surface area contributed by atoms with Gasteiger partial charge in [-0.25, -0.2) is 9.97 Å². The second-order valence-corrected chi connectivity index (χ2v) is 9.41. The molecular formula is C29H32N8O. The van der Waals surface area contributed by atoms with Crippen molar-refractivity contribution in [1.82, 2.24) is 24.8 Å². The molecule has 0 spiro atoms. The van der Waals surface area contributed by atoms with Gasteiger partial charge < -0.3 is 16.0 Å². The van der Waals surface area contributed by atoms with Crippen LogP contribution in [-0.2, 0) is 4.79 Å². The summed E-state index contributed by atoms with van der Waals surface area (Å²) >= 11 is 0. The number of aromatic nitrogens is 3. The van der Waals surface area contributed by atoms with E-state index in [-0.39, 0.29) is 12.1 Å². The number of nitrogens with zero attached hydrogens (tertiary/aromatic N) is 6. The summed E-state index contributed by atoms with van der Waals surface area (Å²) in [6.07, 6.45) is 5.05. The quantitative estimate of drug-likeness (QED) is 0.383. The number of amides is 1. The molecule has 1 saturated heterocycles. The summed E-state index contributed by atoms with van der Waals surface area (Å²) in [6.45, 7) is 5.47. The number of hydrogen-bond acceptors (Lipinski definition) is 8. The zero-order chi connectivity index (χ0) is 26.5. The van der Waals surface area contributed by atoms with Gasteiger partial charge in [-0.05, 0) is 67.2 Å². The van der Waals surface area contributed by atoms with Crippen molar-refractivity contribution in [2.24, 2.45) is 5.73 Å². The van der Waals surface area contributed by atoms with Gasteiger partial charge in [0.2, 0.25) is 11.9 Å². The number of pyridine rings is 1. The lowest BCUT2D eigenvalue weighted by atomic mass is 10.1. The summed E-state index contributed by atoms with van der Waals surface area (Å²) in [6, 6.07) is 21.2. The summed E-state index contributed by atoms with van der Waals surface area (Å²) in [5, 5.41) is 3.24. The maximum atomic E-state index is 12.6. The Hall–Kier alpha value is -4.18. The average molecular weight is 509 g/mol. The molecule has 2 aromatic heterocycles. The summed E-state index contributed by atoms with van der Waals surface area (Å²) in [5.74, 6) is 0.407. The summed E-state index contributed by atoms with van der Waals surface area (Å²) in [4.78, 5) is 32.0. The van der Waals surface area contributed by atoms with Crippen LogP contribution in [0.25, 0.3) is 11.3 Å². The minimum Gasteiger partial charge on any atom is -0.324 e. The van der Waals surface area contributed by atoms with Crippen molar-refractivity contribution in [3.8, 4) is 11.3 Å². The van der Waals surface area contributed by atoms with E-state index in [1.807, 2.05) is 66.7 Å². The van der Waals surface area contributed by atoms with Crippen LogP contribution in [0.2, 0.25) is 0 Å². The molecule has 9 nitrogen and oxygen atoms in total. The Bertz CT molecular complexity index is 1350. The number of rotatable bonds is 7. The summed E-state index contributed by atoms with van der Waals surface area (Å²) in [5.41, 5.74) is 11.7. The van der Waals surface area contributed by atoms with E-state index in [1.54, 1.807) is 30.4 Å². The van der Waals surface area contributed by atoms with Gasteiger partial charge in [0.1, 0.15) is 0 Å². The van der Waals surface area contributed by atoms with Gasteiger partial charge in [0, 0.05) is 74.3 Å². The molecule has 4 aromatic rings. The molecule has 1 unspecified atom stereocenters. The first-order chi connectivity index (χ1) is 18.5. The van der Waals surface area contributed by atoms with Gasteiger partial charge in [-0.3, -0.25) is 19.6 Å². The molecule has 1 aliphatic rings. The number of nitrogens with two attached hydrogens (primary N) is 1. The zero-order valence-corrected chi connectivity index (χ0v) is 21.7. The molecule has 38 heavy (non-hydrogen) atoms. The monoisotopic (exact) mass is 508 g/mol. The van der Waals surface area contributed by atoms with E-state index in [9.17, 15) is 4.79 Å². The second kappa shape index (κ2) is 11.5. The van der Waals surface area contributed by atoms with Crippen LogP contribution in [0.1, 0.15) is 18.7 Å². The Morgan fingerprint density at radius 1 is 0.947 bits per heavy atom. The topological polar surface area (TPSA) is 104 Å². The number of hydrogen-bond donors (Lipinski definition) is 2. The van der Waals surface area contributed by atoms with E-state index in [4.69, 9.17) is 5.73 Å². The van der Waals surface area contributed by atoms with Gasteiger partial charge in [0.05, 0.1) is 11.9 Å². The molecule has 1 aliphatic heterocycles. The Balaban J connectivity index is 1.29. The number of nitrogens with one attached hydrogen (secondary N) is 1. The predicted molar refractivity (Wildman–Crippen MR) is 150 cm³/mol. The molecule has 1 atom stereocenters. The van der Waals surface area contributed by atoms with Crippen LogP contribution in [0.4, 0.5) is 23.0 Å². The van der Waals surface area contributed by atoms with Crippen molar-refractivity contribution >= 4 is 28.9 Å². The third-order valence-corrected chi connectivity index (χ3v) is 6.73. The van der Waals surface area contributed by atoms with E-state index in [1.165, 1.54) is 0 Å². The normalized spacial score (nSPS) is 15.1. The molecule has 0 aliphatic carbocycles. The summed E-state index contributed by atoms with van der Waals surface area (Å²) in [7, 11) is 2.13. The van der Waals surface area contributed by atoms with Crippen molar-refractivity contribution < 1.29 is 4.79 Å². The minimum atomic E-state index is -0.159. The Labute approximate surface area is 223 Å².